The van der Waals surface area contributed by atoms with Crippen LogP contribution in [0.5, 0.6) is 0 Å². The molecule has 1 aromatic rings. The van der Waals surface area contributed by atoms with Crippen LogP contribution in [0.25, 0.3) is 0 Å². The lowest BCUT2D eigenvalue weighted by molar-refractivity contribution is 0.503. The van der Waals surface area contributed by atoms with Crippen molar-refractivity contribution in [3.05, 3.63) is 17.2 Å². The van der Waals surface area contributed by atoms with Gasteiger partial charge in [0.25, 0.3) is 0 Å². The molecule has 1 aliphatic rings. The molecule has 16 heavy (non-hydrogen) atoms. The Morgan fingerprint density at radius 1 is 1.38 bits per heavy atom. The zero-order valence-electron chi connectivity index (χ0n) is 10.6. The van der Waals surface area contributed by atoms with Crippen molar-refractivity contribution < 1.29 is 0 Å². The van der Waals surface area contributed by atoms with Crippen molar-refractivity contribution in [2.24, 2.45) is 5.73 Å². The fourth-order valence-corrected chi connectivity index (χ4v) is 2.65. The highest BCUT2D eigenvalue weighted by Crippen LogP contribution is 2.34. The van der Waals surface area contributed by atoms with Gasteiger partial charge < -0.3 is 10.7 Å². The molecule has 0 amide bonds. The average molecular weight is 221 g/mol. The van der Waals surface area contributed by atoms with Gasteiger partial charge in [-0.2, -0.15) is 0 Å². The van der Waals surface area contributed by atoms with E-state index in [0.717, 1.165) is 12.2 Å². The third-order valence-corrected chi connectivity index (χ3v) is 3.34. The number of H-pyrrole nitrogens is 1. The van der Waals surface area contributed by atoms with E-state index in [1.807, 2.05) is 13.8 Å². The second-order valence-corrected chi connectivity index (χ2v) is 5.84. The molecule has 3 heteroatoms. The van der Waals surface area contributed by atoms with Gasteiger partial charge in [-0.3, -0.25) is 0 Å². The molecule has 90 valence electrons. The van der Waals surface area contributed by atoms with Crippen LogP contribution in [0.15, 0.2) is 0 Å². The van der Waals surface area contributed by atoms with E-state index in [9.17, 15) is 0 Å². The smallest absolute Gasteiger partial charge is 0.108 e. The molecule has 1 aromatic heterocycles. The highest BCUT2D eigenvalue weighted by atomic mass is 14.9. The Morgan fingerprint density at radius 3 is 2.56 bits per heavy atom. The zero-order chi connectivity index (χ0) is 11.8. The maximum absolute atomic E-state index is 6.02. The molecule has 0 radical (unpaired) electrons. The number of nitrogens with zero attached hydrogens (tertiary/aromatic N) is 1. The van der Waals surface area contributed by atoms with E-state index < -0.39 is 0 Å². The molecular formula is C13H23N3. The van der Waals surface area contributed by atoms with Crippen LogP contribution >= 0.6 is 0 Å². The highest BCUT2D eigenvalue weighted by Gasteiger charge is 2.23. The number of rotatable bonds is 3. The SMILES string of the molecule is Cc1[nH]c(CC(C)(C)N)nc1C1CCCC1. The topological polar surface area (TPSA) is 54.7 Å². The normalized spacial score (nSPS) is 18.2. The minimum absolute atomic E-state index is 0.183. The van der Waals surface area contributed by atoms with Crippen molar-refractivity contribution in [1.82, 2.24) is 9.97 Å². The summed E-state index contributed by atoms with van der Waals surface area (Å²) in [7, 11) is 0. The van der Waals surface area contributed by atoms with Crippen LogP contribution in [0, 0.1) is 6.92 Å². The number of nitrogens with one attached hydrogen (secondary N) is 1. The molecule has 0 atom stereocenters. The summed E-state index contributed by atoms with van der Waals surface area (Å²) in [5, 5.41) is 0. The molecule has 1 saturated carbocycles. The Kier molecular flexibility index (Phi) is 3.06. The lowest BCUT2D eigenvalue weighted by Gasteiger charge is -2.16. The molecule has 0 saturated heterocycles. The molecule has 0 aliphatic heterocycles. The summed E-state index contributed by atoms with van der Waals surface area (Å²) in [4.78, 5) is 8.13. The fraction of sp³-hybridized carbons (Fsp3) is 0.769. The predicted molar refractivity (Wildman–Crippen MR) is 66.5 cm³/mol. The van der Waals surface area contributed by atoms with E-state index in [-0.39, 0.29) is 5.54 Å². The molecule has 3 N–H and O–H groups in total. The van der Waals surface area contributed by atoms with Crippen LogP contribution in [0.3, 0.4) is 0 Å². The van der Waals surface area contributed by atoms with E-state index in [1.54, 1.807) is 0 Å². The first kappa shape index (κ1) is 11.6. The molecule has 0 aromatic carbocycles. The van der Waals surface area contributed by atoms with Crippen molar-refractivity contribution in [3.8, 4) is 0 Å². The van der Waals surface area contributed by atoms with E-state index in [0.29, 0.717) is 5.92 Å². The number of aromatic nitrogens is 2. The second kappa shape index (κ2) is 4.21. The molecule has 3 nitrogen and oxygen atoms in total. The quantitative estimate of drug-likeness (QED) is 0.824. The van der Waals surface area contributed by atoms with Gasteiger partial charge in [0.2, 0.25) is 0 Å². The van der Waals surface area contributed by atoms with E-state index in [4.69, 9.17) is 10.7 Å². The Morgan fingerprint density at radius 2 is 2.00 bits per heavy atom. The maximum Gasteiger partial charge on any atom is 0.108 e. The van der Waals surface area contributed by atoms with Crippen LogP contribution < -0.4 is 5.73 Å². The molecule has 1 fully saturated rings. The van der Waals surface area contributed by atoms with Gasteiger partial charge in [0.15, 0.2) is 0 Å². The zero-order valence-corrected chi connectivity index (χ0v) is 10.6. The third-order valence-electron chi connectivity index (χ3n) is 3.34. The lowest BCUT2D eigenvalue weighted by atomic mass is 10.0. The molecule has 0 unspecified atom stereocenters. The number of aryl methyl sites for hydroxylation is 1. The summed E-state index contributed by atoms with van der Waals surface area (Å²) in [6.07, 6.45) is 6.14. The summed E-state index contributed by atoms with van der Waals surface area (Å²) >= 11 is 0. The largest absolute Gasteiger partial charge is 0.346 e. The van der Waals surface area contributed by atoms with Crippen molar-refractivity contribution in [2.45, 2.75) is 64.3 Å². The number of imidazole rings is 1. The highest BCUT2D eigenvalue weighted by molar-refractivity contribution is 5.19. The van der Waals surface area contributed by atoms with Crippen molar-refractivity contribution >= 4 is 0 Å². The van der Waals surface area contributed by atoms with Gasteiger partial charge in [0, 0.05) is 23.6 Å². The van der Waals surface area contributed by atoms with Gasteiger partial charge in [-0.15, -0.1) is 0 Å². The minimum Gasteiger partial charge on any atom is -0.346 e. The molecule has 1 aliphatic carbocycles. The fourth-order valence-electron chi connectivity index (χ4n) is 2.65. The van der Waals surface area contributed by atoms with Gasteiger partial charge in [0.1, 0.15) is 5.82 Å². The molecule has 2 rings (SSSR count). The Hall–Kier alpha value is -0.830. The Balaban J connectivity index is 2.15. The Bertz CT molecular complexity index is 354. The van der Waals surface area contributed by atoms with Gasteiger partial charge in [-0.25, -0.2) is 4.98 Å². The molecule has 1 heterocycles. The van der Waals surface area contributed by atoms with Crippen LogP contribution in [0.4, 0.5) is 0 Å². The summed E-state index contributed by atoms with van der Waals surface area (Å²) in [6.45, 7) is 6.22. The number of aromatic amines is 1. The summed E-state index contributed by atoms with van der Waals surface area (Å²) in [5.74, 6) is 1.73. The van der Waals surface area contributed by atoms with E-state index in [1.165, 1.54) is 37.1 Å². The first-order valence-corrected chi connectivity index (χ1v) is 6.30. The summed E-state index contributed by atoms with van der Waals surface area (Å²) < 4.78 is 0. The average Bonchev–Trinajstić information content (AvgIpc) is 2.71. The van der Waals surface area contributed by atoms with Crippen LogP contribution in [0.2, 0.25) is 0 Å². The van der Waals surface area contributed by atoms with Crippen molar-refractivity contribution in [1.29, 1.82) is 0 Å². The number of nitrogens with two attached hydrogens (primary N) is 1. The summed E-state index contributed by atoms with van der Waals surface area (Å²) in [5.41, 5.74) is 8.37. The molecule has 0 spiro atoms. The number of hydrogen-bond donors (Lipinski definition) is 2. The van der Waals surface area contributed by atoms with Crippen molar-refractivity contribution in [3.63, 3.8) is 0 Å². The summed E-state index contributed by atoms with van der Waals surface area (Å²) in [6, 6.07) is 0. The van der Waals surface area contributed by atoms with Gasteiger partial charge in [-0.1, -0.05) is 12.8 Å². The first-order valence-electron chi connectivity index (χ1n) is 6.30. The van der Waals surface area contributed by atoms with Crippen molar-refractivity contribution in [2.75, 3.05) is 0 Å². The first-order chi connectivity index (χ1) is 7.46. The predicted octanol–water partition coefficient (Wildman–Crippen LogP) is 2.66. The monoisotopic (exact) mass is 221 g/mol. The van der Waals surface area contributed by atoms with Gasteiger partial charge in [-0.05, 0) is 33.6 Å². The number of hydrogen-bond acceptors (Lipinski definition) is 2. The second-order valence-electron chi connectivity index (χ2n) is 5.84. The molecule has 0 bridgehead atoms. The third kappa shape index (κ3) is 2.64. The minimum atomic E-state index is -0.183. The molecular weight excluding hydrogens is 198 g/mol. The van der Waals surface area contributed by atoms with Crippen LogP contribution in [-0.2, 0) is 6.42 Å². The van der Waals surface area contributed by atoms with Gasteiger partial charge in [0.05, 0.1) is 5.69 Å². The van der Waals surface area contributed by atoms with Crippen LogP contribution in [0.1, 0.15) is 62.7 Å². The standard InChI is InChI=1S/C13H23N3/c1-9-12(10-6-4-5-7-10)16-11(15-9)8-13(2,3)14/h10H,4-8,14H2,1-3H3,(H,15,16). The van der Waals surface area contributed by atoms with E-state index in [2.05, 4.69) is 11.9 Å². The van der Waals surface area contributed by atoms with E-state index >= 15 is 0 Å². The Labute approximate surface area is 97.8 Å². The van der Waals surface area contributed by atoms with Gasteiger partial charge >= 0.3 is 0 Å². The lowest BCUT2D eigenvalue weighted by Crippen LogP contribution is -2.34. The van der Waals surface area contributed by atoms with Crippen LogP contribution in [-0.4, -0.2) is 15.5 Å². The maximum atomic E-state index is 6.02.